The number of pyridine rings is 1. The van der Waals surface area contributed by atoms with Crippen LogP contribution in [0.3, 0.4) is 0 Å². The SMILES string of the molecule is CCCNCCCS(=O)(=O)NCc1cccc(C)n1. The van der Waals surface area contributed by atoms with E-state index in [1.807, 2.05) is 25.1 Å². The van der Waals surface area contributed by atoms with Gasteiger partial charge in [-0.25, -0.2) is 13.1 Å². The highest BCUT2D eigenvalue weighted by atomic mass is 32.2. The van der Waals surface area contributed by atoms with Gasteiger partial charge in [0, 0.05) is 5.69 Å². The quantitative estimate of drug-likeness (QED) is 0.669. The van der Waals surface area contributed by atoms with Crippen molar-refractivity contribution in [2.24, 2.45) is 0 Å². The summed E-state index contributed by atoms with van der Waals surface area (Å²) in [5, 5.41) is 3.18. The number of hydrogen-bond acceptors (Lipinski definition) is 4. The molecule has 1 heterocycles. The Kier molecular flexibility index (Phi) is 6.97. The molecule has 0 atom stereocenters. The molecule has 0 bridgehead atoms. The molecule has 0 unspecified atom stereocenters. The van der Waals surface area contributed by atoms with Crippen molar-refractivity contribution in [3.05, 3.63) is 29.6 Å². The van der Waals surface area contributed by atoms with Crippen molar-refractivity contribution in [1.82, 2.24) is 15.0 Å². The first kappa shape index (κ1) is 16.1. The molecule has 0 spiro atoms. The van der Waals surface area contributed by atoms with Gasteiger partial charge >= 0.3 is 0 Å². The van der Waals surface area contributed by atoms with Gasteiger partial charge in [0.25, 0.3) is 0 Å². The van der Waals surface area contributed by atoms with Crippen molar-refractivity contribution >= 4 is 10.0 Å². The molecule has 6 heteroatoms. The van der Waals surface area contributed by atoms with E-state index in [2.05, 4.69) is 21.9 Å². The molecular formula is C13H23N3O2S. The zero-order valence-electron chi connectivity index (χ0n) is 11.6. The summed E-state index contributed by atoms with van der Waals surface area (Å²) in [6, 6.07) is 5.58. The molecule has 1 aromatic rings. The number of nitrogens with one attached hydrogen (secondary N) is 2. The van der Waals surface area contributed by atoms with Crippen molar-refractivity contribution < 1.29 is 8.42 Å². The van der Waals surface area contributed by atoms with Gasteiger partial charge in [0.1, 0.15) is 0 Å². The summed E-state index contributed by atoms with van der Waals surface area (Å²) < 4.78 is 26.1. The summed E-state index contributed by atoms with van der Waals surface area (Å²) in [5.74, 6) is 0.148. The Balaban J connectivity index is 2.30. The summed E-state index contributed by atoms with van der Waals surface area (Å²) in [5.41, 5.74) is 1.63. The molecule has 0 amide bonds. The van der Waals surface area contributed by atoms with Gasteiger partial charge in [-0.3, -0.25) is 4.98 Å². The number of aromatic nitrogens is 1. The Hall–Kier alpha value is -0.980. The molecule has 0 aliphatic heterocycles. The van der Waals surface area contributed by atoms with Crippen molar-refractivity contribution in [3.63, 3.8) is 0 Å². The van der Waals surface area contributed by atoms with Gasteiger partial charge in [-0.2, -0.15) is 0 Å². The second-order valence-corrected chi connectivity index (χ2v) is 6.44. The van der Waals surface area contributed by atoms with E-state index in [1.165, 1.54) is 0 Å². The zero-order valence-corrected chi connectivity index (χ0v) is 12.5. The van der Waals surface area contributed by atoms with E-state index in [4.69, 9.17) is 0 Å². The summed E-state index contributed by atoms with van der Waals surface area (Å²) in [6.45, 7) is 5.89. The summed E-state index contributed by atoms with van der Waals surface area (Å²) in [7, 11) is -3.21. The zero-order chi connectivity index (χ0) is 14.1. The maximum absolute atomic E-state index is 11.8. The lowest BCUT2D eigenvalue weighted by molar-refractivity contribution is 0.573. The molecule has 0 fully saturated rings. The topological polar surface area (TPSA) is 71.1 Å². The third kappa shape index (κ3) is 7.25. The average molecular weight is 285 g/mol. The Morgan fingerprint density at radius 3 is 2.74 bits per heavy atom. The highest BCUT2D eigenvalue weighted by molar-refractivity contribution is 7.89. The van der Waals surface area contributed by atoms with Crippen molar-refractivity contribution in [3.8, 4) is 0 Å². The van der Waals surface area contributed by atoms with Crippen molar-refractivity contribution in [1.29, 1.82) is 0 Å². The fraction of sp³-hybridized carbons (Fsp3) is 0.615. The molecule has 0 aliphatic rings. The maximum atomic E-state index is 11.8. The number of hydrogen-bond donors (Lipinski definition) is 2. The first-order chi connectivity index (χ1) is 9.03. The van der Waals surface area contributed by atoms with E-state index in [0.717, 1.165) is 30.9 Å². The van der Waals surface area contributed by atoms with E-state index >= 15 is 0 Å². The number of aryl methyl sites for hydroxylation is 1. The van der Waals surface area contributed by atoms with Gasteiger partial charge in [-0.1, -0.05) is 13.0 Å². The number of rotatable bonds is 9. The Morgan fingerprint density at radius 1 is 1.26 bits per heavy atom. The molecule has 0 saturated carbocycles. The van der Waals surface area contributed by atoms with E-state index in [9.17, 15) is 8.42 Å². The molecule has 1 rings (SSSR count). The predicted octanol–water partition coefficient (Wildman–Crippen LogP) is 1.20. The molecule has 0 aromatic carbocycles. The summed E-state index contributed by atoms with van der Waals surface area (Å²) in [6.07, 6.45) is 1.68. The average Bonchev–Trinajstić information content (AvgIpc) is 2.36. The van der Waals surface area contributed by atoms with Crippen LogP contribution in [0.4, 0.5) is 0 Å². The summed E-state index contributed by atoms with van der Waals surface area (Å²) >= 11 is 0. The molecule has 0 aliphatic carbocycles. The summed E-state index contributed by atoms with van der Waals surface area (Å²) in [4.78, 5) is 4.26. The van der Waals surface area contributed by atoms with Crippen LogP contribution in [0.2, 0.25) is 0 Å². The van der Waals surface area contributed by atoms with Gasteiger partial charge in [0.05, 0.1) is 18.0 Å². The lowest BCUT2D eigenvalue weighted by Gasteiger charge is -2.07. The fourth-order valence-corrected chi connectivity index (χ4v) is 2.68. The molecule has 5 nitrogen and oxygen atoms in total. The van der Waals surface area contributed by atoms with Gasteiger partial charge in [0.15, 0.2) is 0 Å². The minimum absolute atomic E-state index is 0.148. The third-order valence-corrected chi connectivity index (χ3v) is 4.02. The normalized spacial score (nSPS) is 11.7. The molecular weight excluding hydrogens is 262 g/mol. The van der Waals surface area contributed by atoms with Crippen LogP contribution in [0.1, 0.15) is 31.2 Å². The van der Waals surface area contributed by atoms with E-state index < -0.39 is 10.0 Å². The highest BCUT2D eigenvalue weighted by Crippen LogP contribution is 1.99. The van der Waals surface area contributed by atoms with Crippen LogP contribution < -0.4 is 10.0 Å². The maximum Gasteiger partial charge on any atom is 0.211 e. The fourth-order valence-electron chi connectivity index (χ4n) is 1.64. The smallest absolute Gasteiger partial charge is 0.211 e. The molecule has 0 saturated heterocycles. The van der Waals surface area contributed by atoms with Crippen molar-refractivity contribution in [2.75, 3.05) is 18.8 Å². The first-order valence-corrected chi connectivity index (χ1v) is 8.29. The lowest BCUT2D eigenvalue weighted by Crippen LogP contribution is -2.28. The number of sulfonamides is 1. The molecule has 19 heavy (non-hydrogen) atoms. The Morgan fingerprint density at radius 2 is 2.05 bits per heavy atom. The van der Waals surface area contributed by atoms with Gasteiger partial charge in [0.2, 0.25) is 10.0 Å². The Labute approximate surface area is 115 Å². The van der Waals surface area contributed by atoms with Crippen molar-refractivity contribution in [2.45, 2.75) is 33.2 Å². The number of nitrogens with zero attached hydrogens (tertiary/aromatic N) is 1. The van der Waals surface area contributed by atoms with Crippen LogP contribution in [0.15, 0.2) is 18.2 Å². The molecule has 108 valence electrons. The predicted molar refractivity (Wildman–Crippen MR) is 77.4 cm³/mol. The largest absolute Gasteiger partial charge is 0.317 e. The van der Waals surface area contributed by atoms with E-state index in [-0.39, 0.29) is 12.3 Å². The van der Waals surface area contributed by atoms with Crippen LogP contribution in [0, 0.1) is 6.92 Å². The molecule has 2 N–H and O–H groups in total. The van der Waals surface area contributed by atoms with Gasteiger partial charge in [-0.05, 0) is 45.0 Å². The van der Waals surface area contributed by atoms with Crippen LogP contribution in [-0.4, -0.2) is 32.2 Å². The second-order valence-electron chi connectivity index (χ2n) is 4.51. The highest BCUT2D eigenvalue weighted by Gasteiger charge is 2.09. The van der Waals surface area contributed by atoms with Gasteiger partial charge < -0.3 is 5.32 Å². The minimum Gasteiger partial charge on any atom is -0.317 e. The van der Waals surface area contributed by atoms with Crippen LogP contribution in [0.25, 0.3) is 0 Å². The van der Waals surface area contributed by atoms with Crippen LogP contribution in [-0.2, 0) is 16.6 Å². The molecule has 0 radical (unpaired) electrons. The first-order valence-electron chi connectivity index (χ1n) is 6.64. The monoisotopic (exact) mass is 285 g/mol. The molecule has 1 aromatic heterocycles. The third-order valence-electron chi connectivity index (χ3n) is 2.61. The minimum atomic E-state index is -3.21. The van der Waals surface area contributed by atoms with Crippen LogP contribution in [0.5, 0.6) is 0 Å². The van der Waals surface area contributed by atoms with Crippen LogP contribution >= 0.6 is 0 Å². The Bertz CT molecular complexity index is 475. The van der Waals surface area contributed by atoms with E-state index in [0.29, 0.717) is 6.42 Å². The van der Waals surface area contributed by atoms with E-state index in [1.54, 1.807) is 0 Å². The second kappa shape index (κ2) is 8.24. The van der Waals surface area contributed by atoms with Gasteiger partial charge in [-0.15, -0.1) is 0 Å². The standard InChI is InChI=1S/C13H23N3O2S/c1-3-8-14-9-5-10-19(17,18)15-11-13-7-4-6-12(2)16-13/h4,6-7,14-15H,3,5,8-11H2,1-2H3. The lowest BCUT2D eigenvalue weighted by atomic mass is 10.3.